The largest absolute Gasteiger partial charge is 0.494 e. The van der Waals surface area contributed by atoms with Gasteiger partial charge < -0.3 is 9.47 Å². The van der Waals surface area contributed by atoms with Gasteiger partial charge in [-0.15, -0.1) is 0 Å². The molecule has 6 heteroatoms. The molecule has 1 aliphatic carbocycles. The van der Waals surface area contributed by atoms with Crippen LogP contribution in [0.25, 0.3) is 38.6 Å². The standard InChI is InChI=1S/C33H29IN2O3/c1-2-38-25-19-17-23(18-20-25)28-29-26-15-9-10-16-27(26)36(33(37)39-21-22-11-5-3-6-12-22)32(29)35-31(30(28)34)24-13-7-4-8-14-24/h3,5-6,9-13,15-20H,2,4,7-8,14,21H2,1H3. The molecule has 5 aromatic rings. The maximum atomic E-state index is 13.7. The number of hydrogen-bond donors (Lipinski definition) is 0. The van der Waals surface area contributed by atoms with E-state index in [0.29, 0.717) is 12.3 Å². The third-order valence-electron chi connectivity index (χ3n) is 7.18. The van der Waals surface area contributed by atoms with Crippen molar-refractivity contribution < 1.29 is 14.3 Å². The van der Waals surface area contributed by atoms with Crippen LogP contribution in [0.4, 0.5) is 4.79 Å². The average Bonchev–Trinajstić information content (AvgIpc) is 3.31. The Morgan fingerprint density at radius 2 is 1.74 bits per heavy atom. The van der Waals surface area contributed by atoms with Crippen molar-refractivity contribution in [2.45, 2.75) is 39.2 Å². The minimum atomic E-state index is -0.431. The van der Waals surface area contributed by atoms with Gasteiger partial charge in [0.1, 0.15) is 12.4 Å². The highest BCUT2D eigenvalue weighted by Crippen LogP contribution is 2.42. The van der Waals surface area contributed by atoms with Gasteiger partial charge in [-0.05, 0) is 90.1 Å². The van der Waals surface area contributed by atoms with E-state index in [9.17, 15) is 4.79 Å². The van der Waals surface area contributed by atoms with E-state index in [4.69, 9.17) is 14.5 Å². The van der Waals surface area contributed by atoms with Crippen LogP contribution in [0.15, 0.2) is 84.9 Å². The molecule has 0 radical (unpaired) electrons. The molecule has 0 unspecified atom stereocenters. The minimum absolute atomic E-state index is 0.196. The van der Waals surface area contributed by atoms with E-state index in [1.165, 1.54) is 12.0 Å². The van der Waals surface area contributed by atoms with Gasteiger partial charge in [0.25, 0.3) is 0 Å². The highest BCUT2D eigenvalue weighted by molar-refractivity contribution is 14.1. The Labute approximate surface area is 241 Å². The highest BCUT2D eigenvalue weighted by atomic mass is 127. The van der Waals surface area contributed by atoms with Crippen LogP contribution in [-0.4, -0.2) is 22.3 Å². The predicted molar refractivity (Wildman–Crippen MR) is 165 cm³/mol. The SMILES string of the molecule is CCOc1ccc(-c2c(I)c(C3=CCCCC3)nc3c2c2ccccc2n3C(=O)OCc2ccccc2)cc1. The van der Waals surface area contributed by atoms with Crippen LogP contribution in [-0.2, 0) is 11.3 Å². The second-order valence-corrected chi connectivity index (χ2v) is 10.8. The van der Waals surface area contributed by atoms with Crippen LogP contribution in [0.3, 0.4) is 0 Å². The highest BCUT2D eigenvalue weighted by Gasteiger charge is 2.26. The molecule has 0 fully saturated rings. The van der Waals surface area contributed by atoms with E-state index in [2.05, 4.69) is 46.9 Å². The average molecular weight is 629 g/mol. The van der Waals surface area contributed by atoms with Gasteiger partial charge in [-0.2, -0.15) is 0 Å². The summed E-state index contributed by atoms with van der Waals surface area (Å²) in [4.78, 5) is 18.9. The first-order valence-corrected chi connectivity index (χ1v) is 14.5. The van der Waals surface area contributed by atoms with Crippen molar-refractivity contribution in [3.63, 3.8) is 0 Å². The van der Waals surface area contributed by atoms with E-state index in [1.807, 2.05) is 67.6 Å². The lowest BCUT2D eigenvalue weighted by molar-refractivity contribution is 0.143. The van der Waals surface area contributed by atoms with Crippen molar-refractivity contribution in [3.05, 3.63) is 99.8 Å². The van der Waals surface area contributed by atoms with Crippen molar-refractivity contribution >= 4 is 56.2 Å². The first kappa shape index (κ1) is 25.6. The summed E-state index contributed by atoms with van der Waals surface area (Å²) in [5, 5.41) is 1.93. The molecule has 3 aromatic carbocycles. The summed E-state index contributed by atoms with van der Waals surface area (Å²) in [7, 11) is 0. The number of carbonyl (C=O) groups is 1. The first-order valence-electron chi connectivity index (χ1n) is 13.4. The topological polar surface area (TPSA) is 53.4 Å². The van der Waals surface area contributed by atoms with Gasteiger partial charge in [-0.1, -0.05) is 66.7 Å². The molecule has 0 bridgehead atoms. The van der Waals surface area contributed by atoms with Gasteiger partial charge >= 0.3 is 6.09 Å². The number of fused-ring (bicyclic) bond motifs is 3. The van der Waals surface area contributed by atoms with Crippen LogP contribution in [0.2, 0.25) is 0 Å². The number of rotatable bonds is 6. The van der Waals surface area contributed by atoms with Gasteiger partial charge in [0.2, 0.25) is 0 Å². The number of halogens is 1. The molecule has 6 rings (SSSR count). The zero-order valence-electron chi connectivity index (χ0n) is 21.8. The number of benzene rings is 3. The Kier molecular flexibility index (Phi) is 7.37. The molecule has 0 saturated carbocycles. The summed E-state index contributed by atoms with van der Waals surface area (Å²) < 4.78 is 14.3. The van der Waals surface area contributed by atoms with Crippen molar-refractivity contribution in [1.29, 1.82) is 0 Å². The Morgan fingerprint density at radius 1 is 0.974 bits per heavy atom. The van der Waals surface area contributed by atoms with E-state index >= 15 is 0 Å². The summed E-state index contributed by atoms with van der Waals surface area (Å²) in [6.07, 6.45) is 6.24. The van der Waals surface area contributed by atoms with Crippen LogP contribution in [0, 0.1) is 3.57 Å². The molecule has 0 atom stereocenters. The van der Waals surface area contributed by atoms with Gasteiger partial charge in [0.15, 0.2) is 5.65 Å². The van der Waals surface area contributed by atoms with E-state index in [-0.39, 0.29) is 6.61 Å². The molecule has 2 aromatic heterocycles. The van der Waals surface area contributed by atoms with Gasteiger partial charge in [0.05, 0.1) is 17.8 Å². The van der Waals surface area contributed by atoms with Gasteiger partial charge in [-0.3, -0.25) is 0 Å². The van der Waals surface area contributed by atoms with Crippen LogP contribution in [0.5, 0.6) is 5.75 Å². The van der Waals surface area contributed by atoms with Crippen molar-refractivity contribution in [1.82, 2.24) is 9.55 Å². The van der Waals surface area contributed by atoms with Crippen LogP contribution >= 0.6 is 22.6 Å². The molecule has 2 heterocycles. The maximum absolute atomic E-state index is 13.7. The normalized spacial score (nSPS) is 13.4. The Bertz CT molecular complexity index is 1690. The third-order valence-corrected chi connectivity index (χ3v) is 8.23. The molecule has 0 saturated heterocycles. The number of carbonyl (C=O) groups excluding carboxylic acids is 1. The van der Waals surface area contributed by atoms with Crippen molar-refractivity contribution in [3.8, 4) is 16.9 Å². The zero-order valence-corrected chi connectivity index (χ0v) is 24.0. The summed E-state index contributed by atoms with van der Waals surface area (Å²) in [6, 6.07) is 26.0. The van der Waals surface area contributed by atoms with Crippen molar-refractivity contribution in [2.75, 3.05) is 6.61 Å². The smallest absolute Gasteiger partial charge is 0.420 e. The fourth-order valence-electron chi connectivity index (χ4n) is 5.35. The van der Waals surface area contributed by atoms with E-state index in [0.717, 1.165) is 67.3 Å². The molecular formula is C33H29IN2O3. The third kappa shape index (κ3) is 4.93. The molecular weight excluding hydrogens is 599 g/mol. The Balaban J connectivity index is 1.59. The number of pyridine rings is 1. The lowest BCUT2D eigenvalue weighted by Gasteiger charge is -2.18. The summed E-state index contributed by atoms with van der Waals surface area (Å²) >= 11 is 2.44. The number of allylic oxidation sites excluding steroid dienone is 2. The van der Waals surface area contributed by atoms with Crippen LogP contribution < -0.4 is 4.74 Å². The van der Waals surface area contributed by atoms with E-state index in [1.54, 1.807) is 4.57 Å². The lowest BCUT2D eigenvalue weighted by atomic mass is 9.93. The van der Waals surface area contributed by atoms with E-state index < -0.39 is 6.09 Å². The molecule has 0 amide bonds. The summed E-state index contributed by atoms with van der Waals surface area (Å²) in [6.45, 7) is 2.80. The second kappa shape index (κ2) is 11.2. The lowest BCUT2D eigenvalue weighted by Crippen LogP contribution is -2.14. The molecule has 0 N–H and O–H groups in total. The predicted octanol–water partition coefficient (Wildman–Crippen LogP) is 9.00. The Hall–Kier alpha value is -3.65. The number of aromatic nitrogens is 2. The molecule has 39 heavy (non-hydrogen) atoms. The van der Waals surface area contributed by atoms with Gasteiger partial charge in [0, 0.05) is 19.9 Å². The second-order valence-electron chi connectivity index (χ2n) is 9.67. The van der Waals surface area contributed by atoms with Crippen molar-refractivity contribution in [2.24, 2.45) is 0 Å². The summed E-state index contributed by atoms with van der Waals surface area (Å²) in [5.41, 5.74) is 6.69. The Morgan fingerprint density at radius 3 is 2.49 bits per heavy atom. The number of ether oxygens (including phenoxy) is 2. The molecule has 196 valence electrons. The fraction of sp³-hybridized carbons (Fsp3) is 0.212. The molecule has 1 aliphatic rings. The maximum Gasteiger partial charge on any atom is 0.420 e. The van der Waals surface area contributed by atoms with Crippen LogP contribution in [0.1, 0.15) is 43.9 Å². The molecule has 5 nitrogen and oxygen atoms in total. The number of para-hydroxylation sites is 1. The van der Waals surface area contributed by atoms with Gasteiger partial charge in [-0.25, -0.2) is 14.3 Å². The monoisotopic (exact) mass is 628 g/mol. The molecule has 0 aliphatic heterocycles. The fourth-order valence-corrected chi connectivity index (χ4v) is 6.40. The first-order chi connectivity index (χ1) is 19.2. The number of hydrogen-bond acceptors (Lipinski definition) is 4. The minimum Gasteiger partial charge on any atom is -0.494 e. The number of nitrogens with zero attached hydrogens (tertiary/aromatic N) is 2. The quantitative estimate of drug-likeness (QED) is 0.176. The zero-order chi connectivity index (χ0) is 26.8. The molecule has 0 spiro atoms. The summed E-state index contributed by atoms with van der Waals surface area (Å²) in [5.74, 6) is 0.837.